The van der Waals surface area contributed by atoms with Crippen LogP contribution in [0.15, 0.2) is 48.9 Å². The van der Waals surface area contributed by atoms with Gasteiger partial charge in [-0.05, 0) is 45.0 Å². The molecule has 0 aliphatic carbocycles. The van der Waals surface area contributed by atoms with Crippen molar-refractivity contribution in [3.8, 4) is 17.0 Å². The normalized spacial score (nSPS) is 11.4. The first-order valence-electron chi connectivity index (χ1n) is 11.4. The third kappa shape index (κ3) is 5.02. The molecule has 1 aromatic carbocycles. The number of aromatic nitrogens is 4. The molecule has 0 aliphatic rings. The number of hydrogen-bond acceptors (Lipinski definition) is 7. The van der Waals surface area contributed by atoms with E-state index in [9.17, 15) is 9.59 Å². The summed E-state index contributed by atoms with van der Waals surface area (Å²) in [6, 6.07) is 8.81. The molecule has 3 heterocycles. The summed E-state index contributed by atoms with van der Waals surface area (Å²) in [7, 11) is 6.74. The van der Waals surface area contributed by atoms with E-state index in [1.807, 2.05) is 40.1 Å². The van der Waals surface area contributed by atoms with E-state index in [0.29, 0.717) is 34.0 Å². The number of amides is 1. The molecule has 1 N–H and O–H groups in total. The number of pyridine rings is 1. The molecule has 0 saturated heterocycles. The Balaban J connectivity index is 1.77. The quantitative estimate of drug-likeness (QED) is 0.433. The maximum absolute atomic E-state index is 13.3. The van der Waals surface area contributed by atoms with Crippen LogP contribution in [-0.4, -0.2) is 63.0 Å². The summed E-state index contributed by atoms with van der Waals surface area (Å²) in [4.78, 5) is 31.6. The third-order valence-corrected chi connectivity index (χ3v) is 5.38. The summed E-state index contributed by atoms with van der Waals surface area (Å²) in [6.07, 6.45) is 4.72. The van der Waals surface area contributed by atoms with Gasteiger partial charge in [0, 0.05) is 56.1 Å². The van der Waals surface area contributed by atoms with Gasteiger partial charge < -0.3 is 19.7 Å². The first kappa shape index (κ1) is 24.8. The Kier molecular flexibility index (Phi) is 6.45. The smallest absolute Gasteiger partial charge is 0.419 e. The van der Waals surface area contributed by atoms with Crippen LogP contribution in [0.2, 0.25) is 0 Å². The molecule has 1 amide bonds. The number of methoxy groups -OCH3 is 1. The van der Waals surface area contributed by atoms with Gasteiger partial charge in [-0.2, -0.15) is 5.10 Å². The summed E-state index contributed by atoms with van der Waals surface area (Å²) in [6.45, 7) is 5.48. The number of anilines is 2. The standard InChI is InChI=1S/C26H30N6O4/c1-26(2,3)36-25(34)32-20(18-14-28-31(6)15-18)10-17-13-27-23(12-21(17)32)29-19-9-8-16(11-22(19)35-7)24(33)30(4)5/h8-15H,1-7H3,(H,27,29). The zero-order chi connectivity index (χ0) is 26.2. The fraction of sp³-hybridized carbons (Fsp3) is 0.308. The highest BCUT2D eigenvalue weighted by atomic mass is 16.6. The average molecular weight is 491 g/mol. The van der Waals surface area contributed by atoms with Gasteiger partial charge in [-0.15, -0.1) is 0 Å². The Hall–Kier alpha value is -4.34. The van der Waals surface area contributed by atoms with E-state index in [2.05, 4.69) is 15.4 Å². The summed E-state index contributed by atoms with van der Waals surface area (Å²) in [5.41, 5.74) is 2.51. The molecule has 4 aromatic rings. The van der Waals surface area contributed by atoms with Crippen molar-refractivity contribution in [2.45, 2.75) is 26.4 Å². The van der Waals surface area contributed by atoms with Gasteiger partial charge in [-0.25, -0.2) is 14.3 Å². The van der Waals surface area contributed by atoms with Crippen LogP contribution >= 0.6 is 0 Å². The second kappa shape index (κ2) is 9.37. The van der Waals surface area contributed by atoms with Crippen LogP contribution in [0.25, 0.3) is 22.2 Å². The SMILES string of the molecule is COc1cc(C(=O)N(C)C)ccc1Nc1cc2c(cn1)cc(-c1cnn(C)c1)n2C(=O)OC(C)(C)C. The van der Waals surface area contributed by atoms with Crippen LogP contribution in [0.1, 0.15) is 31.1 Å². The van der Waals surface area contributed by atoms with Crippen molar-refractivity contribution in [3.05, 3.63) is 54.5 Å². The van der Waals surface area contributed by atoms with Crippen LogP contribution in [0.5, 0.6) is 5.75 Å². The highest BCUT2D eigenvalue weighted by Gasteiger charge is 2.24. The van der Waals surface area contributed by atoms with Gasteiger partial charge in [0.05, 0.1) is 30.2 Å². The molecule has 0 saturated carbocycles. The second-order valence-electron chi connectivity index (χ2n) is 9.62. The fourth-order valence-electron chi connectivity index (χ4n) is 3.76. The maximum atomic E-state index is 13.3. The monoisotopic (exact) mass is 490 g/mol. The topological polar surface area (TPSA) is 104 Å². The highest BCUT2D eigenvalue weighted by Crippen LogP contribution is 2.33. The van der Waals surface area contributed by atoms with Crippen molar-refractivity contribution < 1.29 is 19.1 Å². The Morgan fingerprint density at radius 1 is 1.08 bits per heavy atom. The summed E-state index contributed by atoms with van der Waals surface area (Å²) >= 11 is 0. The molecule has 10 nitrogen and oxygen atoms in total. The molecule has 0 fully saturated rings. The molecule has 0 atom stereocenters. The van der Waals surface area contributed by atoms with Crippen molar-refractivity contribution in [1.82, 2.24) is 24.2 Å². The first-order valence-corrected chi connectivity index (χ1v) is 11.4. The Morgan fingerprint density at radius 2 is 1.83 bits per heavy atom. The zero-order valence-corrected chi connectivity index (χ0v) is 21.5. The Labute approximate surface area is 209 Å². The van der Waals surface area contributed by atoms with Gasteiger partial charge in [-0.3, -0.25) is 9.48 Å². The predicted molar refractivity (Wildman–Crippen MR) is 138 cm³/mol. The van der Waals surface area contributed by atoms with E-state index in [-0.39, 0.29) is 5.91 Å². The van der Waals surface area contributed by atoms with Crippen LogP contribution < -0.4 is 10.1 Å². The number of fused-ring (bicyclic) bond motifs is 1. The minimum absolute atomic E-state index is 0.127. The molecule has 0 radical (unpaired) electrons. The highest BCUT2D eigenvalue weighted by molar-refractivity contribution is 5.97. The van der Waals surface area contributed by atoms with E-state index in [1.165, 1.54) is 16.6 Å². The van der Waals surface area contributed by atoms with Crippen LogP contribution in [-0.2, 0) is 11.8 Å². The van der Waals surface area contributed by atoms with Gasteiger partial charge >= 0.3 is 6.09 Å². The number of rotatable bonds is 5. The molecule has 0 spiro atoms. The molecular formula is C26H30N6O4. The molecule has 36 heavy (non-hydrogen) atoms. The van der Waals surface area contributed by atoms with E-state index in [0.717, 1.165) is 10.9 Å². The average Bonchev–Trinajstić information content (AvgIpc) is 3.40. The number of ether oxygens (including phenoxy) is 2. The lowest BCUT2D eigenvalue weighted by molar-refractivity contribution is 0.0547. The first-order chi connectivity index (χ1) is 17.0. The summed E-state index contributed by atoms with van der Waals surface area (Å²) < 4.78 is 14.4. The lowest BCUT2D eigenvalue weighted by atomic mass is 10.1. The van der Waals surface area contributed by atoms with Gasteiger partial charge in [-0.1, -0.05) is 0 Å². The van der Waals surface area contributed by atoms with Crippen molar-refractivity contribution in [3.63, 3.8) is 0 Å². The van der Waals surface area contributed by atoms with Crippen molar-refractivity contribution in [1.29, 1.82) is 0 Å². The molecule has 4 rings (SSSR count). The predicted octanol–water partition coefficient (Wildman–Crippen LogP) is 4.67. The van der Waals surface area contributed by atoms with E-state index in [4.69, 9.17) is 9.47 Å². The Bertz CT molecular complexity index is 1440. The largest absolute Gasteiger partial charge is 0.495 e. The van der Waals surface area contributed by atoms with Crippen molar-refractivity contribution >= 4 is 34.4 Å². The number of carbonyl (C=O) groups excluding carboxylic acids is 2. The Morgan fingerprint density at radius 3 is 2.44 bits per heavy atom. The molecule has 188 valence electrons. The number of aryl methyl sites for hydroxylation is 1. The van der Waals surface area contributed by atoms with Gasteiger partial charge in [0.25, 0.3) is 5.91 Å². The van der Waals surface area contributed by atoms with Gasteiger partial charge in [0.1, 0.15) is 17.2 Å². The van der Waals surface area contributed by atoms with Crippen LogP contribution in [0.4, 0.5) is 16.3 Å². The van der Waals surface area contributed by atoms with Crippen LogP contribution in [0, 0.1) is 0 Å². The zero-order valence-electron chi connectivity index (χ0n) is 21.5. The minimum Gasteiger partial charge on any atom is -0.495 e. The van der Waals surface area contributed by atoms with E-state index in [1.54, 1.807) is 55.4 Å². The molecule has 3 aromatic heterocycles. The molecular weight excluding hydrogens is 460 g/mol. The second-order valence-corrected chi connectivity index (χ2v) is 9.62. The number of carbonyl (C=O) groups is 2. The summed E-state index contributed by atoms with van der Waals surface area (Å²) in [5, 5.41) is 8.25. The lowest BCUT2D eigenvalue weighted by Gasteiger charge is -2.21. The van der Waals surface area contributed by atoms with Gasteiger partial charge in [0.15, 0.2) is 0 Å². The van der Waals surface area contributed by atoms with E-state index >= 15 is 0 Å². The van der Waals surface area contributed by atoms with Gasteiger partial charge in [0.2, 0.25) is 0 Å². The fourth-order valence-corrected chi connectivity index (χ4v) is 3.76. The molecule has 0 unspecified atom stereocenters. The molecule has 10 heteroatoms. The lowest BCUT2D eigenvalue weighted by Crippen LogP contribution is -2.27. The third-order valence-electron chi connectivity index (χ3n) is 5.38. The number of nitrogens with zero attached hydrogens (tertiary/aromatic N) is 5. The maximum Gasteiger partial charge on any atom is 0.419 e. The minimum atomic E-state index is -0.674. The molecule has 0 aliphatic heterocycles. The molecule has 0 bridgehead atoms. The van der Waals surface area contributed by atoms with Crippen molar-refractivity contribution in [2.75, 3.05) is 26.5 Å². The van der Waals surface area contributed by atoms with Crippen molar-refractivity contribution in [2.24, 2.45) is 7.05 Å². The number of hydrogen-bond donors (Lipinski definition) is 1. The number of benzene rings is 1. The van der Waals surface area contributed by atoms with E-state index < -0.39 is 11.7 Å². The number of nitrogens with one attached hydrogen (secondary N) is 1. The summed E-state index contributed by atoms with van der Waals surface area (Å²) in [5.74, 6) is 0.855. The van der Waals surface area contributed by atoms with Crippen LogP contribution in [0.3, 0.4) is 0 Å².